The summed E-state index contributed by atoms with van der Waals surface area (Å²) < 4.78 is 6.08. The summed E-state index contributed by atoms with van der Waals surface area (Å²) in [4.78, 5) is 24.5. The van der Waals surface area contributed by atoms with E-state index in [2.05, 4.69) is 13.1 Å². The number of carbonyl (C=O) groups excluding carboxylic acids is 2. The molecule has 0 radical (unpaired) electrons. The molecule has 0 spiro atoms. The van der Waals surface area contributed by atoms with Crippen LogP contribution in [0.25, 0.3) is 0 Å². The number of rotatable bonds is 9. The van der Waals surface area contributed by atoms with Gasteiger partial charge in [0.05, 0.1) is 6.23 Å². The Morgan fingerprint density at radius 3 is 2.37 bits per heavy atom. The van der Waals surface area contributed by atoms with Crippen LogP contribution in [0.2, 0.25) is 19.1 Å². The van der Waals surface area contributed by atoms with E-state index in [1.165, 1.54) is 0 Å². The van der Waals surface area contributed by atoms with E-state index in [1.54, 1.807) is 6.92 Å². The third-order valence-corrected chi connectivity index (χ3v) is 6.44. The van der Waals surface area contributed by atoms with E-state index >= 15 is 0 Å². The summed E-state index contributed by atoms with van der Waals surface area (Å²) >= 11 is 1.14. The van der Waals surface area contributed by atoms with Crippen LogP contribution >= 0.6 is 11.8 Å². The van der Waals surface area contributed by atoms with Gasteiger partial charge in [0.15, 0.2) is 8.32 Å². The summed E-state index contributed by atoms with van der Waals surface area (Å²) in [6, 6.07) is 1.01. The van der Waals surface area contributed by atoms with Crippen molar-refractivity contribution >= 4 is 31.0 Å². The van der Waals surface area contributed by atoms with Crippen molar-refractivity contribution in [2.75, 3.05) is 19.8 Å². The summed E-state index contributed by atoms with van der Waals surface area (Å²) in [7, 11) is 2.31. The van der Waals surface area contributed by atoms with Gasteiger partial charge in [-0.2, -0.15) is 0 Å². The first kappa shape index (κ1) is 18.8. The number of ketones is 1. The average molecular weight is 306 g/mol. The quantitative estimate of drug-likeness (QED) is 0.284. The lowest BCUT2D eigenvalue weighted by Gasteiger charge is -2.30. The maximum absolute atomic E-state index is 11.4. The fraction of sp³-hybridized carbons (Fsp3) is 0.846. The lowest BCUT2D eigenvalue weighted by Crippen LogP contribution is -2.40. The van der Waals surface area contributed by atoms with Crippen LogP contribution in [-0.2, 0) is 14.0 Å². The molecule has 0 aliphatic heterocycles. The zero-order valence-corrected chi connectivity index (χ0v) is 14.8. The number of carbonyl (C=O) groups is 2. The molecule has 0 aromatic heterocycles. The minimum Gasteiger partial charge on any atom is -0.402 e. The molecule has 0 amide bonds. The molecular weight excluding hydrogens is 278 g/mol. The highest BCUT2D eigenvalue weighted by Gasteiger charge is 2.25. The number of nitrogens with zero attached hydrogens (tertiary/aromatic N) is 1. The molecule has 0 aromatic rings. The molecule has 0 saturated carbocycles. The molecule has 0 bridgehead atoms. The molecule has 0 N–H and O–H groups in total. The minimum atomic E-state index is -1.69. The van der Waals surface area contributed by atoms with Gasteiger partial charge in [0.1, 0.15) is 0 Å². The molecule has 19 heavy (non-hydrogen) atoms. The smallest absolute Gasteiger partial charge is 0.254 e. The van der Waals surface area contributed by atoms with Crippen molar-refractivity contribution in [2.45, 2.75) is 52.1 Å². The Kier molecular flexibility index (Phi) is 8.81. The van der Waals surface area contributed by atoms with Crippen LogP contribution in [0.3, 0.4) is 0 Å². The summed E-state index contributed by atoms with van der Waals surface area (Å²) in [6.07, 6.45) is 1.35. The van der Waals surface area contributed by atoms with Gasteiger partial charge in [0, 0.05) is 12.2 Å². The van der Waals surface area contributed by atoms with Crippen molar-refractivity contribution in [3.05, 3.63) is 0 Å². The van der Waals surface area contributed by atoms with Crippen LogP contribution in [-0.4, -0.2) is 50.2 Å². The Morgan fingerprint density at radius 2 is 1.89 bits per heavy atom. The number of thioether (sulfide) groups is 1. The predicted molar refractivity (Wildman–Crippen MR) is 83.9 cm³/mol. The standard InChI is InChI=1S/C13H27NO3SSi/c1-7-12(15)13(16)18-9-8-10-19(5,6)17-11(2)14(3)4/h11H,7-10H2,1-6H3. The van der Waals surface area contributed by atoms with E-state index in [-0.39, 0.29) is 17.1 Å². The first-order valence-corrected chi connectivity index (χ1v) is 10.8. The highest BCUT2D eigenvalue weighted by Crippen LogP contribution is 2.19. The first-order valence-electron chi connectivity index (χ1n) is 6.74. The third-order valence-electron chi connectivity index (χ3n) is 2.92. The fourth-order valence-corrected chi connectivity index (χ4v) is 4.83. The maximum Gasteiger partial charge on any atom is 0.254 e. The fourth-order valence-electron chi connectivity index (χ4n) is 1.51. The lowest BCUT2D eigenvalue weighted by molar-refractivity contribution is -0.131. The molecule has 6 heteroatoms. The normalized spacial score (nSPS) is 13.6. The minimum absolute atomic E-state index is 0.123. The van der Waals surface area contributed by atoms with Gasteiger partial charge in [-0.05, 0) is 46.6 Å². The molecule has 0 aromatic carbocycles. The Labute approximate surface area is 122 Å². The molecule has 0 heterocycles. The number of hydrogen-bond acceptors (Lipinski definition) is 5. The summed E-state index contributed by atoms with van der Waals surface area (Å²) in [5.41, 5.74) is 0. The van der Waals surface area contributed by atoms with Crippen molar-refractivity contribution < 1.29 is 14.0 Å². The van der Waals surface area contributed by atoms with Crippen LogP contribution in [0, 0.1) is 0 Å². The van der Waals surface area contributed by atoms with Crippen molar-refractivity contribution in [3.63, 3.8) is 0 Å². The monoisotopic (exact) mass is 305 g/mol. The molecule has 0 aliphatic carbocycles. The van der Waals surface area contributed by atoms with E-state index in [9.17, 15) is 9.59 Å². The molecule has 0 saturated heterocycles. The Hall–Kier alpha value is -0.173. The zero-order chi connectivity index (χ0) is 15.1. The van der Waals surface area contributed by atoms with E-state index in [1.807, 2.05) is 25.9 Å². The summed E-state index contributed by atoms with van der Waals surface area (Å²) in [5.74, 6) is 0.430. The second-order valence-corrected chi connectivity index (χ2v) is 10.8. The van der Waals surface area contributed by atoms with Crippen molar-refractivity contribution in [2.24, 2.45) is 0 Å². The van der Waals surface area contributed by atoms with Crippen LogP contribution < -0.4 is 0 Å². The average Bonchev–Trinajstić information content (AvgIpc) is 2.32. The van der Waals surface area contributed by atoms with Gasteiger partial charge in [0.2, 0.25) is 5.78 Å². The van der Waals surface area contributed by atoms with E-state index in [0.29, 0.717) is 12.2 Å². The maximum atomic E-state index is 11.4. The molecular formula is C13H27NO3SSi. The van der Waals surface area contributed by atoms with Crippen LogP contribution in [0.15, 0.2) is 0 Å². The van der Waals surface area contributed by atoms with Gasteiger partial charge in [-0.15, -0.1) is 0 Å². The Balaban J connectivity index is 3.93. The van der Waals surface area contributed by atoms with Crippen molar-refractivity contribution in [1.82, 2.24) is 4.90 Å². The topological polar surface area (TPSA) is 46.6 Å². The van der Waals surface area contributed by atoms with Gasteiger partial charge >= 0.3 is 0 Å². The molecule has 0 aliphatic rings. The highest BCUT2D eigenvalue weighted by atomic mass is 32.2. The molecule has 0 fully saturated rings. The summed E-state index contributed by atoms with van der Waals surface area (Å²) in [6.45, 7) is 8.15. The third kappa shape index (κ3) is 8.57. The zero-order valence-electron chi connectivity index (χ0n) is 13.0. The molecule has 0 rings (SSSR count). The van der Waals surface area contributed by atoms with Crippen molar-refractivity contribution in [1.29, 1.82) is 0 Å². The second kappa shape index (κ2) is 8.89. The molecule has 1 unspecified atom stereocenters. The van der Waals surface area contributed by atoms with Crippen molar-refractivity contribution in [3.8, 4) is 0 Å². The van der Waals surface area contributed by atoms with E-state index < -0.39 is 8.32 Å². The van der Waals surface area contributed by atoms with E-state index in [0.717, 1.165) is 24.2 Å². The largest absolute Gasteiger partial charge is 0.402 e. The number of hydrogen-bond donors (Lipinski definition) is 0. The van der Waals surface area contributed by atoms with Gasteiger partial charge in [-0.25, -0.2) is 0 Å². The van der Waals surface area contributed by atoms with Gasteiger partial charge in [-0.1, -0.05) is 18.7 Å². The molecule has 4 nitrogen and oxygen atoms in total. The van der Waals surface area contributed by atoms with Crippen LogP contribution in [0.4, 0.5) is 0 Å². The van der Waals surface area contributed by atoms with Crippen LogP contribution in [0.1, 0.15) is 26.7 Å². The highest BCUT2D eigenvalue weighted by molar-refractivity contribution is 8.15. The SMILES string of the molecule is CCC(=O)C(=O)SCCC[Si](C)(C)OC(C)N(C)C. The second-order valence-electron chi connectivity index (χ2n) is 5.46. The van der Waals surface area contributed by atoms with Gasteiger partial charge < -0.3 is 4.43 Å². The molecule has 1 atom stereocenters. The van der Waals surface area contributed by atoms with Gasteiger partial charge in [0.25, 0.3) is 5.12 Å². The number of Topliss-reactive ketones (excluding diaryl/α,β-unsaturated/α-hetero) is 1. The van der Waals surface area contributed by atoms with Crippen LogP contribution in [0.5, 0.6) is 0 Å². The lowest BCUT2D eigenvalue weighted by atomic mass is 10.3. The van der Waals surface area contributed by atoms with E-state index in [4.69, 9.17) is 4.43 Å². The van der Waals surface area contributed by atoms with Gasteiger partial charge in [-0.3, -0.25) is 14.5 Å². The predicted octanol–water partition coefficient (Wildman–Crippen LogP) is 2.74. The Bertz CT molecular complexity index is 308. The molecule has 112 valence electrons. The Morgan fingerprint density at radius 1 is 1.32 bits per heavy atom. The first-order chi connectivity index (χ1) is 8.69. The summed E-state index contributed by atoms with van der Waals surface area (Å²) in [5, 5.41) is -0.301.